The number of nitrogens with one attached hydrogen (secondary N) is 1. The van der Waals surface area contributed by atoms with Gasteiger partial charge in [-0.05, 0) is 68.2 Å². The van der Waals surface area contributed by atoms with E-state index in [-0.39, 0.29) is 17.9 Å². The third-order valence-corrected chi connectivity index (χ3v) is 7.04. The molecule has 3 fully saturated rings. The van der Waals surface area contributed by atoms with Crippen molar-refractivity contribution in [1.82, 2.24) is 15.1 Å². The first-order valence-electron chi connectivity index (χ1n) is 11.0. The Kier molecular flexibility index (Phi) is 5.90. The van der Waals surface area contributed by atoms with Crippen LogP contribution < -0.4 is 5.32 Å². The first-order chi connectivity index (χ1) is 13.9. The number of hydrogen-bond donors (Lipinski definition) is 1. The Morgan fingerprint density at radius 1 is 1.14 bits per heavy atom. The summed E-state index contributed by atoms with van der Waals surface area (Å²) in [6.45, 7) is 8.06. The van der Waals surface area contributed by atoms with Crippen LogP contribution in [0.25, 0.3) is 0 Å². The van der Waals surface area contributed by atoms with Crippen LogP contribution in [-0.2, 0) is 11.2 Å². The van der Waals surface area contributed by atoms with E-state index in [4.69, 9.17) is 11.6 Å². The molecule has 1 saturated carbocycles. The molecule has 0 radical (unpaired) electrons. The zero-order valence-corrected chi connectivity index (χ0v) is 18.3. The van der Waals surface area contributed by atoms with E-state index >= 15 is 0 Å². The molecule has 1 aromatic carbocycles. The lowest BCUT2D eigenvalue weighted by Gasteiger charge is -2.41. The Morgan fingerprint density at radius 2 is 1.83 bits per heavy atom. The summed E-state index contributed by atoms with van der Waals surface area (Å²) in [6, 6.07) is 7.46. The number of carbonyl (C=O) groups excluding carboxylic acids is 2. The molecule has 0 unspecified atom stereocenters. The number of nitrogens with zero attached hydrogens (tertiary/aromatic N) is 2. The summed E-state index contributed by atoms with van der Waals surface area (Å²) < 4.78 is 0. The maximum absolute atomic E-state index is 13.7. The zero-order chi connectivity index (χ0) is 20.6. The fourth-order valence-corrected chi connectivity index (χ4v) is 5.18. The second kappa shape index (κ2) is 8.27. The summed E-state index contributed by atoms with van der Waals surface area (Å²) in [5, 5.41) is 3.82. The Labute approximate surface area is 178 Å². The fraction of sp³-hybridized carbons (Fsp3) is 0.652. The molecule has 4 rings (SSSR count). The zero-order valence-electron chi connectivity index (χ0n) is 17.5. The SMILES string of the molecule is CC(C)CN1CCC([C@@]2(Cc3ccccc3Cl)NC(=O)N(CC3CC3)C2=O)CC1. The minimum Gasteiger partial charge on any atom is -0.322 e. The van der Waals surface area contributed by atoms with Crippen molar-refractivity contribution < 1.29 is 9.59 Å². The van der Waals surface area contributed by atoms with E-state index in [0.717, 1.165) is 50.9 Å². The van der Waals surface area contributed by atoms with Crippen LogP contribution >= 0.6 is 11.6 Å². The third-order valence-electron chi connectivity index (χ3n) is 6.67. The number of benzene rings is 1. The number of amides is 3. The molecule has 3 amide bonds. The molecule has 2 heterocycles. The molecule has 6 heteroatoms. The van der Waals surface area contributed by atoms with Gasteiger partial charge in [-0.3, -0.25) is 9.69 Å². The summed E-state index contributed by atoms with van der Waals surface area (Å²) >= 11 is 6.45. The molecule has 1 aromatic rings. The van der Waals surface area contributed by atoms with E-state index in [9.17, 15) is 9.59 Å². The summed E-state index contributed by atoms with van der Waals surface area (Å²) in [6.07, 6.45) is 4.53. The van der Waals surface area contributed by atoms with Gasteiger partial charge in [0.15, 0.2) is 0 Å². The molecule has 0 bridgehead atoms. The van der Waals surface area contributed by atoms with Crippen LogP contribution in [0.4, 0.5) is 4.79 Å². The van der Waals surface area contributed by atoms with Crippen molar-refractivity contribution in [3.8, 4) is 0 Å². The lowest BCUT2D eigenvalue weighted by atomic mass is 9.73. The van der Waals surface area contributed by atoms with Gasteiger partial charge in [0.25, 0.3) is 5.91 Å². The van der Waals surface area contributed by atoms with Gasteiger partial charge in [0.2, 0.25) is 0 Å². The van der Waals surface area contributed by atoms with Crippen LogP contribution in [0.2, 0.25) is 5.02 Å². The average Bonchev–Trinajstić information content (AvgIpc) is 3.47. The monoisotopic (exact) mass is 417 g/mol. The van der Waals surface area contributed by atoms with Gasteiger partial charge in [0.1, 0.15) is 5.54 Å². The summed E-state index contributed by atoms with van der Waals surface area (Å²) in [5.41, 5.74) is 0.0571. The van der Waals surface area contributed by atoms with Crippen LogP contribution in [-0.4, -0.2) is 53.5 Å². The molecule has 5 nitrogen and oxygen atoms in total. The second-order valence-electron chi connectivity index (χ2n) is 9.50. The minimum absolute atomic E-state index is 0.0448. The van der Waals surface area contributed by atoms with Gasteiger partial charge in [0.05, 0.1) is 0 Å². The van der Waals surface area contributed by atoms with Crippen LogP contribution in [0.5, 0.6) is 0 Å². The van der Waals surface area contributed by atoms with E-state index in [1.54, 1.807) is 0 Å². The number of rotatable bonds is 7. The normalized spacial score (nSPS) is 26.4. The highest BCUT2D eigenvalue weighted by atomic mass is 35.5. The van der Waals surface area contributed by atoms with Crippen molar-refractivity contribution in [2.45, 2.75) is 51.5 Å². The van der Waals surface area contributed by atoms with E-state index in [0.29, 0.717) is 29.8 Å². The Hall–Kier alpha value is -1.59. The van der Waals surface area contributed by atoms with Crippen molar-refractivity contribution in [3.63, 3.8) is 0 Å². The van der Waals surface area contributed by atoms with E-state index in [1.807, 2.05) is 24.3 Å². The Morgan fingerprint density at radius 3 is 2.45 bits per heavy atom. The highest BCUT2D eigenvalue weighted by Crippen LogP contribution is 2.39. The highest BCUT2D eigenvalue weighted by molar-refractivity contribution is 6.31. The lowest BCUT2D eigenvalue weighted by molar-refractivity contribution is -0.134. The molecular formula is C23H32ClN3O2. The Bertz CT molecular complexity index is 771. The van der Waals surface area contributed by atoms with Crippen LogP contribution in [0.1, 0.15) is 45.1 Å². The standard InChI is InChI=1S/C23H32ClN3O2/c1-16(2)14-26-11-9-19(10-12-26)23(13-18-5-3-4-6-20(18)24)21(28)27(22(29)25-23)15-17-7-8-17/h3-6,16-17,19H,7-15H2,1-2H3,(H,25,29)/t23-/m1/s1. The van der Waals surface area contributed by atoms with Crippen LogP contribution in [0.15, 0.2) is 24.3 Å². The van der Waals surface area contributed by atoms with Gasteiger partial charge in [0, 0.05) is 24.5 Å². The lowest BCUT2D eigenvalue weighted by Crippen LogP contribution is -2.57. The topological polar surface area (TPSA) is 52.7 Å². The third kappa shape index (κ3) is 4.31. The average molecular weight is 418 g/mol. The number of hydrogen-bond acceptors (Lipinski definition) is 3. The van der Waals surface area contributed by atoms with Crippen molar-refractivity contribution in [2.24, 2.45) is 17.8 Å². The van der Waals surface area contributed by atoms with Gasteiger partial charge in [-0.1, -0.05) is 43.6 Å². The molecule has 1 N–H and O–H groups in total. The summed E-state index contributed by atoms with van der Waals surface area (Å²) in [4.78, 5) is 30.5. The summed E-state index contributed by atoms with van der Waals surface area (Å²) in [7, 11) is 0. The first-order valence-corrected chi connectivity index (χ1v) is 11.4. The Balaban J connectivity index is 1.59. The fourth-order valence-electron chi connectivity index (χ4n) is 4.98. The summed E-state index contributed by atoms with van der Waals surface area (Å²) in [5.74, 6) is 1.19. The predicted octanol–water partition coefficient (Wildman–Crippen LogP) is 3.95. The van der Waals surface area contributed by atoms with Gasteiger partial charge in [-0.25, -0.2) is 4.79 Å². The van der Waals surface area contributed by atoms with Crippen molar-refractivity contribution in [3.05, 3.63) is 34.9 Å². The molecule has 2 saturated heterocycles. The number of piperidine rings is 1. The van der Waals surface area contributed by atoms with E-state index in [1.165, 1.54) is 4.90 Å². The molecule has 1 atom stereocenters. The number of carbonyl (C=O) groups is 2. The molecule has 1 aliphatic carbocycles. The molecule has 0 spiro atoms. The number of likely N-dealkylation sites (tertiary alicyclic amines) is 1. The van der Waals surface area contributed by atoms with Gasteiger partial charge in [-0.15, -0.1) is 0 Å². The second-order valence-corrected chi connectivity index (χ2v) is 9.90. The number of imide groups is 1. The van der Waals surface area contributed by atoms with Crippen molar-refractivity contribution in [2.75, 3.05) is 26.2 Å². The van der Waals surface area contributed by atoms with E-state index < -0.39 is 5.54 Å². The number of urea groups is 1. The molecule has 3 aliphatic rings. The van der Waals surface area contributed by atoms with Crippen LogP contribution in [0.3, 0.4) is 0 Å². The maximum atomic E-state index is 13.7. The van der Waals surface area contributed by atoms with Crippen molar-refractivity contribution in [1.29, 1.82) is 0 Å². The minimum atomic E-state index is -0.874. The number of halogens is 1. The van der Waals surface area contributed by atoms with E-state index in [2.05, 4.69) is 24.1 Å². The molecule has 158 valence electrons. The molecule has 29 heavy (non-hydrogen) atoms. The van der Waals surface area contributed by atoms with Crippen molar-refractivity contribution >= 4 is 23.5 Å². The molecule has 0 aromatic heterocycles. The van der Waals surface area contributed by atoms with Crippen LogP contribution in [0, 0.1) is 17.8 Å². The quantitative estimate of drug-likeness (QED) is 0.683. The highest BCUT2D eigenvalue weighted by Gasteiger charge is 2.56. The van der Waals surface area contributed by atoms with Gasteiger partial charge >= 0.3 is 6.03 Å². The largest absolute Gasteiger partial charge is 0.325 e. The first kappa shape index (κ1) is 20.7. The van der Waals surface area contributed by atoms with Gasteiger partial charge < -0.3 is 10.2 Å². The smallest absolute Gasteiger partial charge is 0.322 e. The van der Waals surface area contributed by atoms with Gasteiger partial charge in [-0.2, -0.15) is 0 Å². The molecule has 2 aliphatic heterocycles. The maximum Gasteiger partial charge on any atom is 0.325 e. The predicted molar refractivity (Wildman–Crippen MR) is 115 cm³/mol. The molecular weight excluding hydrogens is 386 g/mol.